The molecule has 0 N–H and O–H groups in total. The molecule has 2 aromatic rings. The second kappa shape index (κ2) is 6.44. The van der Waals surface area contributed by atoms with E-state index in [1.54, 1.807) is 0 Å². The summed E-state index contributed by atoms with van der Waals surface area (Å²) >= 11 is 6.13. The van der Waals surface area contributed by atoms with Crippen molar-refractivity contribution >= 4 is 28.4 Å². The van der Waals surface area contributed by atoms with Crippen LogP contribution in [0.5, 0.6) is 0 Å². The highest BCUT2D eigenvalue weighted by Crippen LogP contribution is 2.20. The van der Waals surface area contributed by atoms with E-state index in [0.717, 1.165) is 24.3 Å². The third kappa shape index (κ3) is 3.26. The zero-order chi connectivity index (χ0) is 12.8. The molecule has 0 radical (unpaired) electrons. The summed E-state index contributed by atoms with van der Waals surface area (Å²) in [6.45, 7) is 2.17. The van der Waals surface area contributed by atoms with Gasteiger partial charge in [0.2, 0.25) is 0 Å². The van der Waals surface area contributed by atoms with Gasteiger partial charge in [0.25, 0.3) is 0 Å². The standard InChI is InChI=1S/C17H17Cl/c1-2-3-10-16(18)13-12-15-9-6-8-14-7-4-5-11-17(14)15/h4-9,11-12H,2-3,10H2,1H3. The Morgan fingerprint density at radius 3 is 2.78 bits per heavy atom. The Kier molecular flexibility index (Phi) is 4.64. The molecule has 18 heavy (non-hydrogen) atoms. The second-order valence-corrected chi connectivity index (χ2v) is 4.82. The molecular formula is C17H17Cl. The average molecular weight is 257 g/mol. The van der Waals surface area contributed by atoms with Gasteiger partial charge in [-0.2, -0.15) is 0 Å². The normalized spacial score (nSPS) is 10.1. The van der Waals surface area contributed by atoms with Crippen LogP contribution in [0.15, 0.2) is 53.2 Å². The first-order chi connectivity index (χ1) is 8.81. The maximum Gasteiger partial charge on any atom is 0.0597 e. The van der Waals surface area contributed by atoms with E-state index in [0.29, 0.717) is 0 Å². The summed E-state index contributed by atoms with van der Waals surface area (Å²) < 4.78 is 0. The molecule has 0 aliphatic heterocycles. The predicted molar refractivity (Wildman–Crippen MR) is 80.8 cm³/mol. The lowest BCUT2D eigenvalue weighted by molar-refractivity contribution is 0.808. The molecule has 2 rings (SSSR count). The monoisotopic (exact) mass is 256 g/mol. The second-order valence-electron chi connectivity index (χ2n) is 4.37. The maximum absolute atomic E-state index is 6.13. The Hall–Kier alpha value is -1.49. The summed E-state index contributed by atoms with van der Waals surface area (Å²) in [6.07, 6.45) is 5.18. The first-order valence-electron chi connectivity index (χ1n) is 6.40. The van der Waals surface area contributed by atoms with Crippen LogP contribution in [-0.2, 0) is 0 Å². The van der Waals surface area contributed by atoms with Gasteiger partial charge in [-0.05, 0) is 35.3 Å². The van der Waals surface area contributed by atoms with Gasteiger partial charge in [0.15, 0.2) is 0 Å². The zero-order valence-electron chi connectivity index (χ0n) is 10.6. The van der Waals surface area contributed by atoms with Gasteiger partial charge in [-0.25, -0.2) is 0 Å². The first-order valence-corrected chi connectivity index (χ1v) is 6.78. The molecule has 92 valence electrons. The summed E-state index contributed by atoms with van der Waals surface area (Å²) in [7, 11) is 0. The molecule has 0 saturated heterocycles. The smallest absolute Gasteiger partial charge is 0.0597 e. The maximum atomic E-state index is 6.13. The summed E-state index contributed by atoms with van der Waals surface area (Å²) in [5, 5.41) is 3.30. The molecule has 0 bridgehead atoms. The highest BCUT2D eigenvalue weighted by molar-refractivity contribution is 6.29. The number of unbranched alkanes of at least 4 members (excludes halogenated alkanes) is 1. The Labute approximate surface area is 114 Å². The van der Waals surface area contributed by atoms with Gasteiger partial charge >= 0.3 is 0 Å². The third-order valence-electron chi connectivity index (χ3n) is 2.96. The van der Waals surface area contributed by atoms with E-state index in [2.05, 4.69) is 55.1 Å². The zero-order valence-corrected chi connectivity index (χ0v) is 11.4. The Morgan fingerprint density at radius 1 is 1.17 bits per heavy atom. The van der Waals surface area contributed by atoms with Crippen molar-refractivity contribution < 1.29 is 0 Å². The van der Waals surface area contributed by atoms with E-state index in [9.17, 15) is 0 Å². The van der Waals surface area contributed by atoms with E-state index >= 15 is 0 Å². The van der Waals surface area contributed by atoms with Gasteiger partial charge in [-0.15, -0.1) is 5.73 Å². The topological polar surface area (TPSA) is 0 Å². The number of fused-ring (bicyclic) bond motifs is 1. The van der Waals surface area contributed by atoms with Crippen LogP contribution in [0.2, 0.25) is 0 Å². The first kappa shape index (κ1) is 13.0. The lowest BCUT2D eigenvalue weighted by atomic mass is 10.0. The number of hydrogen-bond donors (Lipinski definition) is 0. The summed E-state index contributed by atoms with van der Waals surface area (Å²) in [6, 6.07) is 14.6. The minimum atomic E-state index is 0.810. The molecule has 2 aromatic carbocycles. The predicted octanol–water partition coefficient (Wildman–Crippen LogP) is 5.76. The number of rotatable bonds is 4. The largest absolute Gasteiger partial charge is 0.104 e. The van der Waals surface area contributed by atoms with E-state index < -0.39 is 0 Å². The van der Waals surface area contributed by atoms with Crippen LogP contribution in [-0.4, -0.2) is 0 Å². The molecular weight excluding hydrogens is 240 g/mol. The molecule has 0 aliphatic rings. The highest BCUT2D eigenvalue weighted by atomic mass is 35.5. The number of hydrogen-bond acceptors (Lipinski definition) is 0. The average Bonchev–Trinajstić information content (AvgIpc) is 2.42. The van der Waals surface area contributed by atoms with Crippen molar-refractivity contribution in [1.82, 2.24) is 0 Å². The van der Waals surface area contributed by atoms with Crippen molar-refractivity contribution in [3.63, 3.8) is 0 Å². The number of allylic oxidation sites excluding steroid dienone is 1. The van der Waals surface area contributed by atoms with Crippen LogP contribution in [0.1, 0.15) is 31.7 Å². The molecule has 0 heterocycles. The van der Waals surface area contributed by atoms with Crippen LogP contribution in [0.25, 0.3) is 16.8 Å². The summed E-state index contributed by atoms with van der Waals surface area (Å²) in [5.41, 5.74) is 4.35. The van der Waals surface area contributed by atoms with Crippen LogP contribution in [0.3, 0.4) is 0 Å². The summed E-state index contributed by atoms with van der Waals surface area (Å²) in [5.74, 6) is 0. The van der Waals surface area contributed by atoms with Crippen molar-refractivity contribution in [3.05, 3.63) is 58.8 Å². The highest BCUT2D eigenvalue weighted by Gasteiger charge is 1.96. The van der Waals surface area contributed by atoms with Crippen molar-refractivity contribution in [3.8, 4) is 0 Å². The van der Waals surface area contributed by atoms with E-state index in [-0.39, 0.29) is 0 Å². The fourth-order valence-corrected chi connectivity index (χ4v) is 2.12. The van der Waals surface area contributed by atoms with Crippen LogP contribution in [0, 0.1) is 0 Å². The summed E-state index contributed by atoms with van der Waals surface area (Å²) in [4.78, 5) is 0. The quantitative estimate of drug-likeness (QED) is 0.610. The Morgan fingerprint density at radius 2 is 1.94 bits per heavy atom. The number of halogens is 1. The SMILES string of the molecule is CCCCC(Cl)=C=Cc1cccc2ccccc12. The van der Waals surface area contributed by atoms with Crippen molar-refractivity contribution in [2.24, 2.45) is 0 Å². The fraction of sp³-hybridized carbons (Fsp3) is 0.235. The van der Waals surface area contributed by atoms with Crippen LogP contribution in [0.4, 0.5) is 0 Å². The molecule has 1 heteroatoms. The molecule has 0 unspecified atom stereocenters. The molecule has 0 nitrogen and oxygen atoms in total. The van der Waals surface area contributed by atoms with Gasteiger partial charge in [-0.3, -0.25) is 0 Å². The molecule has 0 atom stereocenters. The molecule has 0 spiro atoms. The molecule has 0 saturated carbocycles. The number of benzene rings is 2. The lowest BCUT2D eigenvalue weighted by Gasteiger charge is -2.00. The van der Waals surface area contributed by atoms with Gasteiger partial charge < -0.3 is 0 Å². The lowest BCUT2D eigenvalue weighted by Crippen LogP contribution is -1.77. The molecule has 0 amide bonds. The minimum Gasteiger partial charge on any atom is -0.104 e. The van der Waals surface area contributed by atoms with Gasteiger partial charge in [0, 0.05) is 0 Å². The van der Waals surface area contributed by atoms with Gasteiger partial charge in [0.05, 0.1) is 5.03 Å². The molecule has 0 aromatic heterocycles. The van der Waals surface area contributed by atoms with Crippen molar-refractivity contribution in [2.75, 3.05) is 0 Å². The van der Waals surface area contributed by atoms with E-state index in [1.165, 1.54) is 16.3 Å². The van der Waals surface area contributed by atoms with Crippen molar-refractivity contribution in [1.29, 1.82) is 0 Å². The van der Waals surface area contributed by atoms with Crippen molar-refractivity contribution in [2.45, 2.75) is 26.2 Å². The van der Waals surface area contributed by atoms with Gasteiger partial charge in [0.1, 0.15) is 0 Å². The minimum absolute atomic E-state index is 0.810. The third-order valence-corrected chi connectivity index (χ3v) is 3.26. The van der Waals surface area contributed by atoms with Gasteiger partial charge in [-0.1, -0.05) is 67.4 Å². The van der Waals surface area contributed by atoms with E-state index in [4.69, 9.17) is 11.6 Å². The Balaban J connectivity index is 2.34. The molecule has 0 aliphatic carbocycles. The Bertz CT molecular complexity index is 584. The van der Waals surface area contributed by atoms with E-state index in [1.807, 2.05) is 6.08 Å². The molecule has 0 fully saturated rings. The fourth-order valence-electron chi connectivity index (χ4n) is 1.94. The van der Waals surface area contributed by atoms with Crippen LogP contribution >= 0.6 is 11.6 Å². The van der Waals surface area contributed by atoms with Crippen LogP contribution < -0.4 is 0 Å².